The third kappa shape index (κ3) is 3.49. The maximum atomic E-state index is 12.2. The van der Waals surface area contributed by atoms with E-state index < -0.39 is 15.9 Å². The molecule has 1 N–H and O–H groups in total. The van der Waals surface area contributed by atoms with Crippen LogP contribution in [0.5, 0.6) is 0 Å². The predicted molar refractivity (Wildman–Crippen MR) is 81.7 cm³/mol. The Balaban J connectivity index is 2.26. The number of sulfonamides is 1. The zero-order valence-corrected chi connectivity index (χ0v) is 13.0. The summed E-state index contributed by atoms with van der Waals surface area (Å²) in [5, 5.41) is 0. The topological polar surface area (TPSA) is 63.2 Å². The molecule has 2 aromatic rings. The molecule has 0 saturated carbocycles. The van der Waals surface area contributed by atoms with Crippen LogP contribution in [0.1, 0.15) is 27.0 Å². The molecule has 0 bridgehead atoms. The Kier molecular flexibility index (Phi) is 4.14. The van der Waals surface area contributed by atoms with Crippen LogP contribution < -0.4 is 4.72 Å². The van der Waals surface area contributed by atoms with Crippen molar-refractivity contribution in [1.82, 2.24) is 4.72 Å². The van der Waals surface area contributed by atoms with Crippen LogP contribution >= 0.6 is 0 Å². The number of hydrogen-bond acceptors (Lipinski definition) is 3. The average Bonchev–Trinajstić information content (AvgIpc) is 2.42. The number of aryl methyl sites for hydroxylation is 3. The first-order valence-electron chi connectivity index (χ1n) is 6.51. The second-order valence-corrected chi connectivity index (χ2v) is 6.73. The predicted octanol–water partition coefficient (Wildman–Crippen LogP) is 2.73. The lowest BCUT2D eigenvalue weighted by atomic mass is 10.1. The Morgan fingerprint density at radius 1 is 0.905 bits per heavy atom. The molecule has 0 heterocycles. The van der Waals surface area contributed by atoms with Crippen molar-refractivity contribution in [2.75, 3.05) is 0 Å². The van der Waals surface area contributed by atoms with Crippen molar-refractivity contribution < 1.29 is 13.2 Å². The Bertz CT molecular complexity index is 778. The van der Waals surface area contributed by atoms with E-state index in [1.165, 1.54) is 6.07 Å². The van der Waals surface area contributed by atoms with Crippen molar-refractivity contribution in [3.05, 3.63) is 64.7 Å². The van der Waals surface area contributed by atoms with Gasteiger partial charge in [0, 0.05) is 5.56 Å². The molecule has 5 heteroatoms. The Hall–Kier alpha value is -2.14. The van der Waals surface area contributed by atoms with Crippen LogP contribution in [0.2, 0.25) is 0 Å². The molecule has 0 spiro atoms. The van der Waals surface area contributed by atoms with Crippen LogP contribution in [0.15, 0.2) is 47.4 Å². The maximum absolute atomic E-state index is 12.2. The summed E-state index contributed by atoms with van der Waals surface area (Å²) < 4.78 is 26.5. The lowest BCUT2D eigenvalue weighted by Crippen LogP contribution is -2.30. The van der Waals surface area contributed by atoms with Crippen molar-refractivity contribution in [3.63, 3.8) is 0 Å². The minimum atomic E-state index is -3.86. The van der Waals surface area contributed by atoms with Crippen molar-refractivity contribution in [2.24, 2.45) is 0 Å². The summed E-state index contributed by atoms with van der Waals surface area (Å²) >= 11 is 0. The number of hydrogen-bond donors (Lipinski definition) is 1. The van der Waals surface area contributed by atoms with Crippen LogP contribution in [0.4, 0.5) is 0 Å². The quantitative estimate of drug-likeness (QED) is 0.948. The molecular formula is C16H17NO3S. The second-order valence-electron chi connectivity index (χ2n) is 5.05. The molecule has 0 aliphatic heterocycles. The summed E-state index contributed by atoms with van der Waals surface area (Å²) in [6, 6.07) is 11.5. The zero-order valence-electron chi connectivity index (χ0n) is 12.2. The van der Waals surface area contributed by atoms with E-state index in [9.17, 15) is 13.2 Å². The maximum Gasteiger partial charge on any atom is 0.264 e. The van der Waals surface area contributed by atoms with Crippen LogP contribution in [0, 0.1) is 20.8 Å². The molecule has 2 aromatic carbocycles. The molecule has 0 saturated heterocycles. The molecular weight excluding hydrogens is 286 g/mol. The molecule has 0 aliphatic rings. The molecule has 0 radical (unpaired) electrons. The highest BCUT2D eigenvalue weighted by atomic mass is 32.2. The first-order chi connectivity index (χ1) is 9.79. The molecule has 0 aliphatic carbocycles. The summed E-state index contributed by atoms with van der Waals surface area (Å²) in [7, 11) is -3.86. The highest BCUT2D eigenvalue weighted by Crippen LogP contribution is 2.15. The fourth-order valence-corrected chi connectivity index (χ4v) is 2.88. The van der Waals surface area contributed by atoms with Gasteiger partial charge in [-0.15, -0.1) is 0 Å². The van der Waals surface area contributed by atoms with Gasteiger partial charge in [0.1, 0.15) is 0 Å². The average molecular weight is 303 g/mol. The van der Waals surface area contributed by atoms with Gasteiger partial charge in [-0.3, -0.25) is 4.79 Å². The lowest BCUT2D eigenvalue weighted by Gasteiger charge is -2.09. The van der Waals surface area contributed by atoms with Gasteiger partial charge in [-0.25, -0.2) is 13.1 Å². The Morgan fingerprint density at radius 3 is 2.10 bits per heavy atom. The number of nitrogens with one attached hydrogen (secondary N) is 1. The number of carbonyl (C=O) groups excluding carboxylic acids is 1. The number of rotatable bonds is 3. The van der Waals surface area contributed by atoms with Gasteiger partial charge in [0.15, 0.2) is 0 Å². The summed E-state index contributed by atoms with van der Waals surface area (Å²) in [4.78, 5) is 12.1. The molecule has 0 fully saturated rings. The minimum absolute atomic E-state index is 0.0889. The molecule has 4 nitrogen and oxygen atoms in total. The smallest absolute Gasteiger partial charge is 0.264 e. The summed E-state index contributed by atoms with van der Waals surface area (Å²) in [5.74, 6) is -0.631. The Labute approximate surface area is 124 Å². The van der Waals surface area contributed by atoms with E-state index in [-0.39, 0.29) is 4.90 Å². The highest BCUT2D eigenvalue weighted by molar-refractivity contribution is 7.90. The van der Waals surface area contributed by atoms with E-state index in [1.54, 1.807) is 36.4 Å². The van der Waals surface area contributed by atoms with Gasteiger partial charge >= 0.3 is 0 Å². The van der Waals surface area contributed by atoms with E-state index in [0.29, 0.717) is 5.56 Å². The number of carbonyl (C=O) groups is 1. The highest BCUT2D eigenvalue weighted by Gasteiger charge is 2.19. The van der Waals surface area contributed by atoms with Gasteiger partial charge in [0.05, 0.1) is 4.90 Å². The molecule has 110 valence electrons. The second kappa shape index (κ2) is 5.69. The van der Waals surface area contributed by atoms with Crippen molar-refractivity contribution in [1.29, 1.82) is 0 Å². The summed E-state index contributed by atoms with van der Waals surface area (Å²) in [6.07, 6.45) is 0. The molecule has 1 amide bonds. The van der Waals surface area contributed by atoms with Gasteiger partial charge in [0.2, 0.25) is 0 Å². The van der Waals surface area contributed by atoms with Gasteiger partial charge in [-0.05, 0) is 56.2 Å². The molecule has 2 rings (SSSR count). The fourth-order valence-electron chi connectivity index (χ4n) is 1.83. The normalized spacial score (nSPS) is 11.2. The van der Waals surface area contributed by atoms with Crippen molar-refractivity contribution >= 4 is 15.9 Å². The molecule has 21 heavy (non-hydrogen) atoms. The molecule has 0 aromatic heterocycles. The first kappa shape index (κ1) is 15.3. The van der Waals surface area contributed by atoms with Gasteiger partial charge in [0.25, 0.3) is 15.9 Å². The number of benzene rings is 2. The van der Waals surface area contributed by atoms with Gasteiger partial charge < -0.3 is 0 Å². The van der Waals surface area contributed by atoms with Crippen LogP contribution in [-0.4, -0.2) is 14.3 Å². The van der Waals surface area contributed by atoms with E-state index in [0.717, 1.165) is 16.7 Å². The summed E-state index contributed by atoms with van der Waals surface area (Å²) in [5.41, 5.74) is 3.18. The molecule has 0 unspecified atom stereocenters. The largest absolute Gasteiger partial charge is 0.268 e. The fraction of sp³-hybridized carbons (Fsp3) is 0.188. The standard InChI is InChI=1S/C16H17NO3S/c1-11-4-7-14(8-5-11)16(18)17-21(19,20)15-9-6-12(2)13(3)10-15/h4-10H,1-3H3,(H,17,18). The summed E-state index contributed by atoms with van der Waals surface area (Å²) in [6.45, 7) is 5.63. The van der Waals surface area contributed by atoms with Crippen molar-refractivity contribution in [3.8, 4) is 0 Å². The number of amides is 1. The SMILES string of the molecule is Cc1ccc(C(=O)NS(=O)(=O)c2ccc(C)c(C)c2)cc1. The van der Waals surface area contributed by atoms with Gasteiger partial charge in [-0.2, -0.15) is 0 Å². The lowest BCUT2D eigenvalue weighted by molar-refractivity contribution is 0.0981. The van der Waals surface area contributed by atoms with E-state index in [1.807, 2.05) is 20.8 Å². The van der Waals surface area contributed by atoms with Crippen molar-refractivity contribution in [2.45, 2.75) is 25.7 Å². The van der Waals surface area contributed by atoms with Crippen LogP contribution in [0.3, 0.4) is 0 Å². The third-order valence-corrected chi connectivity index (χ3v) is 4.66. The Morgan fingerprint density at radius 2 is 1.52 bits per heavy atom. The molecule has 0 atom stereocenters. The minimum Gasteiger partial charge on any atom is -0.268 e. The third-order valence-electron chi connectivity index (χ3n) is 3.33. The van der Waals surface area contributed by atoms with E-state index in [2.05, 4.69) is 4.72 Å². The first-order valence-corrected chi connectivity index (χ1v) is 7.99. The van der Waals surface area contributed by atoms with E-state index in [4.69, 9.17) is 0 Å². The van der Waals surface area contributed by atoms with Gasteiger partial charge in [-0.1, -0.05) is 23.8 Å². The monoisotopic (exact) mass is 303 g/mol. The van der Waals surface area contributed by atoms with E-state index >= 15 is 0 Å². The van der Waals surface area contributed by atoms with Crippen LogP contribution in [-0.2, 0) is 10.0 Å². The van der Waals surface area contributed by atoms with Crippen LogP contribution in [0.25, 0.3) is 0 Å². The zero-order chi connectivity index (χ0) is 15.6.